The molecule has 0 aliphatic heterocycles. The molecule has 2 fully saturated rings. The minimum atomic E-state index is -1.03. The summed E-state index contributed by atoms with van der Waals surface area (Å²) in [5.41, 5.74) is 2.90. The summed E-state index contributed by atoms with van der Waals surface area (Å²) in [6.45, 7) is 19.3. The fourth-order valence-corrected chi connectivity index (χ4v) is 9.81. The van der Waals surface area contributed by atoms with E-state index in [1.165, 1.54) is 32.6 Å². The molecule has 0 radical (unpaired) electrons. The van der Waals surface area contributed by atoms with Crippen molar-refractivity contribution in [2.24, 2.45) is 39.4 Å². The molecular formula is C32H52O4. The number of Topliss-reactive ketones (excluding diaryl/α,β-unsaturated/α-hetero) is 1. The maximum atomic E-state index is 12.9. The quantitative estimate of drug-likeness (QED) is 0.304. The van der Waals surface area contributed by atoms with E-state index in [4.69, 9.17) is 4.74 Å². The van der Waals surface area contributed by atoms with Gasteiger partial charge in [-0.3, -0.25) is 9.59 Å². The maximum Gasteiger partial charge on any atom is 0.303 e. The van der Waals surface area contributed by atoms with E-state index in [2.05, 4.69) is 41.5 Å². The third-order valence-electron chi connectivity index (χ3n) is 12.2. The molecule has 4 aliphatic carbocycles. The molecule has 0 aromatic rings. The van der Waals surface area contributed by atoms with E-state index >= 15 is 0 Å². The minimum Gasteiger partial charge on any atom is -0.460 e. The number of hydrogen-bond acceptors (Lipinski definition) is 4. The highest BCUT2D eigenvalue weighted by Crippen LogP contribution is 2.72. The van der Waals surface area contributed by atoms with Gasteiger partial charge in [-0.15, -0.1) is 0 Å². The van der Waals surface area contributed by atoms with Gasteiger partial charge in [-0.1, -0.05) is 52.7 Å². The molecule has 0 bridgehead atoms. The van der Waals surface area contributed by atoms with Gasteiger partial charge in [0.05, 0.1) is 5.60 Å². The number of aliphatic hydroxyl groups is 1. The predicted octanol–water partition coefficient (Wildman–Crippen LogP) is 7.42. The van der Waals surface area contributed by atoms with E-state index in [0.29, 0.717) is 30.0 Å². The fraction of sp³-hybridized carbons (Fsp3) is 0.875. The number of carbonyl (C=O) groups is 2. The average Bonchev–Trinajstić information content (AvgIpc) is 3.04. The Balaban J connectivity index is 1.58. The van der Waals surface area contributed by atoms with Gasteiger partial charge < -0.3 is 9.84 Å². The van der Waals surface area contributed by atoms with Crippen molar-refractivity contribution in [1.82, 2.24) is 0 Å². The van der Waals surface area contributed by atoms with Crippen LogP contribution >= 0.6 is 0 Å². The molecule has 0 aromatic heterocycles. The molecule has 2 saturated carbocycles. The van der Waals surface area contributed by atoms with E-state index in [1.54, 1.807) is 25.0 Å². The molecule has 1 N–H and O–H groups in total. The van der Waals surface area contributed by atoms with Gasteiger partial charge in [0.25, 0.3) is 0 Å². The molecular weight excluding hydrogens is 448 g/mol. The first kappa shape index (κ1) is 27.9. The summed E-state index contributed by atoms with van der Waals surface area (Å²) < 4.78 is 5.52. The van der Waals surface area contributed by atoms with Crippen molar-refractivity contribution < 1.29 is 19.4 Å². The Morgan fingerprint density at radius 2 is 1.67 bits per heavy atom. The highest BCUT2D eigenvalue weighted by atomic mass is 16.6. The van der Waals surface area contributed by atoms with Gasteiger partial charge in [-0.25, -0.2) is 0 Å². The number of allylic oxidation sites excluding steroid dienone is 2. The number of hydrogen-bond donors (Lipinski definition) is 1. The van der Waals surface area contributed by atoms with Gasteiger partial charge in [0.2, 0.25) is 0 Å². The second-order valence-electron chi connectivity index (χ2n) is 14.8. The largest absolute Gasteiger partial charge is 0.460 e. The number of carbonyl (C=O) groups excluding carboxylic acids is 2. The van der Waals surface area contributed by atoms with E-state index in [9.17, 15) is 14.7 Å². The SMILES string of the molecule is CC(=O)OC(CCC(C)C1CC[C@@]2(C)C3=C(CC[C@]12C)[C@@]1(C)CCC(=O)C(C)(C)[C@@H]1CC3)C(C)(C)O. The zero-order valence-corrected chi connectivity index (χ0v) is 24.6. The molecule has 4 aliphatic rings. The van der Waals surface area contributed by atoms with Crippen molar-refractivity contribution in [2.45, 2.75) is 138 Å². The van der Waals surface area contributed by atoms with Crippen LogP contribution in [0.4, 0.5) is 0 Å². The average molecular weight is 501 g/mol. The third-order valence-corrected chi connectivity index (χ3v) is 12.2. The van der Waals surface area contributed by atoms with Gasteiger partial charge in [0.15, 0.2) is 0 Å². The smallest absolute Gasteiger partial charge is 0.303 e. The Kier molecular flexibility index (Phi) is 6.93. The van der Waals surface area contributed by atoms with Crippen LogP contribution in [0.2, 0.25) is 0 Å². The molecule has 0 spiro atoms. The molecule has 0 heterocycles. The summed E-state index contributed by atoms with van der Waals surface area (Å²) in [6, 6.07) is 0. The summed E-state index contributed by atoms with van der Waals surface area (Å²) in [5.74, 6) is 1.75. The second kappa shape index (κ2) is 8.95. The van der Waals surface area contributed by atoms with Crippen molar-refractivity contribution in [2.75, 3.05) is 0 Å². The first-order chi connectivity index (χ1) is 16.5. The van der Waals surface area contributed by atoms with Crippen LogP contribution in [-0.2, 0) is 14.3 Å². The van der Waals surface area contributed by atoms with Gasteiger partial charge >= 0.3 is 5.97 Å². The maximum absolute atomic E-state index is 12.9. The third kappa shape index (κ3) is 4.12. The molecule has 204 valence electrons. The van der Waals surface area contributed by atoms with Crippen LogP contribution in [0.15, 0.2) is 11.1 Å². The Morgan fingerprint density at radius 1 is 1.00 bits per heavy atom. The summed E-state index contributed by atoms with van der Waals surface area (Å²) in [7, 11) is 0. The summed E-state index contributed by atoms with van der Waals surface area (Å²) in [4.78, 5) is 24.5. The van der Waals surface area contributed by atoms with Gasteiger partial charge in [-0.05, 0) is 106 Å². The topological polar surface area (TPSA) is 63.6 Å². The first-order valence-corrected chi connectivity index (χ1v) is 14.6. The molecule has 0 aromatic carbocycles. The first-order valence-electron chi connectivity index (χ1n) is 14.6. The Labute approximate surface area is 220 Å². The molecule has 7 atom stereocenters. The molecule has 4 nitrogen and oxygen atoms in total. The standard InChI is InChI=1S/C32H52O4/c1-20(10-13-27(29(5,6)35)36-21(2)33)22-14-18-32(9)24-11-12-25-28(3,4)26(34)16-17-30(25,7)23(24)15-19-31(22,32)8/h20,22,25,27,35H,10-19H2,1-9H3/t20?,22?,25-,27?,30+,31+,32-/m0/s1. The number of fused-ring (bicyclic) bond motifs is 4. The summed E-state index contributed by atoms with van der Waals surface area (Å²) in [5, 5.41) is 10.6. The lowest BCUT2D eigenvalue weighted by Gasteiger charge is -2.61. The number of ketones is 1. The van der Waals surface area contributed by atoms with Crippen LogP contribution in [0, 0.1) is 39.4 Å². The van der Waals surface area contributed by atoms with E-state index in [1.807, 2.05) is 0 Å². The zero-order valence-electron chi connectivity index (χ0n) is 24.6. The van der Waals surface area contributed by atoms with E-state index in [0.717, 1.165) is 32.1 Å². The molecule has 4 heteroatoms. The lowest BCUT2D eigenvalue weighted by Crippen LogP contribution is -2.53. The van der Waals surface area contributed by atoms with Crippen LogP contribution in [-0.4, -0.2) is 28.6 Å². The van der Waals surface area contributed by atoms with Crippen molar-refractivity contribution in [3.63, 3.8) is 0 Å². The normalized spacial score (nSPS) is 39.7. The lowest BCUT2D eigenvalue weighted by atomic mass is 9.43. The number of esters is 1. The van der Waals surface area contributed by atoms with Crippen LogP contribution in [0.25, 0.3) is 0 Å². The van der Waals surface area contributed by atoms with Gasteiger partial charge in [-0.2, -0.15) is 0 Å². The highest BCUT2D eigenvalue weighted by Gasteiger charge is 2.63. The number of ether oxygens (including phenoxy) is 1. The number of rotatable bonds is 6. The van der Waals surface area contributed by atoms with Crippen LogP contribution in [0.1, 0.15) is 127 Å². The molecule has 4 rings (SSSR count). The van der Waals surface area contributed by atoms with Gasteiger partial charge in [0, 0.05) is 18.8 Å². The minimum absolute atomic E-state index is 0.170. The van der Waals surface area contributed by atoms with E-state index in [-0.39, 0.29) is 27.6 Å². The highest BCUT2D eigenvalue weighted by molar-refractivity contribution is 5.85. The van der Waals surface area contributed by atoms with Crippen molar-refractivity contribution in [3.05, 3.63) is 11.1 Å². The Hall–Kier alpha value is -1.16. The zero-order chi connectivity index (χ0) is 26.9. The van der Waals surface area contributed by atoms with Crippen molar-refractivity contribution in [3.8, 4) is 0 Å². The second-order valence-corrected chi connectivity index (χ2v) is 14.8. The predicted molar refractivity (Wildman–Crippen MR) is 144 cm³/mol. The molecule has 0 saturated heterocycles. The summed E-state index contributed by atoms with van der Waals surface area (Å²) >= 11 is 0. The van der Waals surface area contributed by atoms with Crippen LogP contribution < -0.4 is 0 Å². The van der Waals surface area contributed by atoms with Crippen LogP contribution in [0.5, 0.6) is 0 Å². The molecule has 0 amide bonds. The van der Waals surface area contributed by atoms with Crippen molar-refractivity contribution in [1.29, 1.82) is 0 Å². The lowest BCUT2D eigenvalue weighted by molar-refractivity contribution is -0.160. The molecule has 3 unspecified atom stereocenters. The van der Waals surface area contributed by atoms with E-state index < -0.39 is 11.7 Å². The Bertz CT molecular complexity index is 938. The fourth-order valence-electron chi connectivity index (χ4n) is 9.81. The summed E-state index contributed by atoms with van der Waals surface area (Å²) in [6.07, 6.45) is 10.2. The Morgan fingerprint density at radius 3 is 2.28 bits per heavy atom. The van der Waals surface area contributed by atoms with Crippen LogP contribution in [0.3, 0.4) is 0 Å². The van der Waals surface area contributed by atoms with Crippen molar-refractivity contribution >= 4 is 11.8 Å². The van der Waals surface area contributed by atoms with Gasteiger partial charge in [0.1, 0.15) is 11.9 Å². The molecule has 36 heavy (non-hydrogen) atoms. The monoisotopic (exact) mass is 500 g/mol.